The van der Waals surface area contributed by atoms with Gasteiger partial charge in [0.05, 0.1) is 51.5 Å². The number of nitriles is 4. The Kier molecular flexibility index (Phi) is 6.26. The van der Waals surface area contributed by atoms with Gasteiger partial charge < -0.3 is 0 Å². The van der Waals surface area contributed by atoms with Crippen LogP contribution in [0.15, 0.2) is 24.3 Å². The van der Waals surface area contributed by atoms with E-state index >= 15 is 0 Å². The van der Waals surface area contributed by atoms with Crippen LogP contribution >= 0.6 is 45.3 Å². The third kappa shape index (κ3) is 3.76. The molecule has 4 rings (SSSR count). The van der Waals surface area contributed by atoms with Crippen molar-refractivity contribution in [1.82, 2.24) is 0 Å². The summed E-state index contributed by atoms with van der Waals surface area (Å²) in [6.07, 6.45) is 0. The van der Waals surface area contributed by atoms with Gasteiger partial charge in [-0.3, -0.25) is 9.59 Å². The molecule has 4 aromatic rings. The van der Waals surface area contributed by atoms with Gasteiger partial charge in [0.25, 0.3) is 0 Å². The molecule has 0 aliphatic rings. The molecule has 0 amide bonds. The van der Waals surface area contributed by atoms with Gasteiger partial charge in [-0.05, 0) is 38.1 Å². The van der Waals surface area contributed by atoms with Crippen molar-refractivity contribution in [2.75, 3.05) is 0 Å². The maximum Gasteiger partial charge on any atom is 0.169 e. The summed E-state index contributed by atoms with van der Waals surface area (Å²) in [6, 6.07) is 15.2. The minimum Gasteiger partial charge on any atom is -0.294 e. The lowest BCUT2D eigenvalue weighted by Gasteiger charge is -1.94. The van der Waals surface area contributed by atoms with Crippen LogP contribution in [0.5, 0.6) is 0 Å². The summed E-state index contributed by atoms with van der Waals surface area (Å²) in [5.74, 6) is -0.192. The minimum atomic E-state index is -0.0961. The van der Waals surface area contributed by atoms with E-state index in [-0.39, 0.29) is 33.8 Å². The van der Waals surface area contributed by atoms with Gasteiger partial charge in [-0.1, -0.05) is 0 Å². The number of hydrogen-bond acceptors (Lipinski definition) is 10. The number of carbonyl (C=O) groups excluding carboxylic acids is 2. The van der Waals surface area contributed by atoms with E-state index in [2.05, 4.69) is 24.3 Å². The highest BCUT2D eigenvalue weighted by atomic mass is 32.1. The van der Waals surface area contributed by atoms with Gasteiger partial charge in [0.1, 0.15) is 24.3 Å². The Bertz CT molecular complexity index is 1540. The van der Waals surface area contributed by atoms with Crippen molar-refractivity contribution in [2.24, 2.45) is 0 Å². The Morgan fingerprint density at radius 1 is 0.559 bits per heavy atom. The number of ketones is 2. The highest BCUT2D eigenvalue weighted by Crippen LogP contribution is 2.50. The van der Waals surface area contributed by atoms with E-state index in [4.69, 9.17) is 0 Å². The molecule has 34 heavy (non-hydrogen) atoms. The summed E-state index contributed by atoms with van der Waals surface area (Å²) in [6.45, 7) is 2.92. The van der Waals surface area contributed by atoms with Crippen LogP contribution in [0.25, 0.3) is 29.3 Å². The van der Waals surface area contributed by atoms with Gasteiger partial charge in [-0.2, -0.15) is 21.0 Å². The average molecular weight is 515 g/mol. The van der Waals surface area contributed by atoms with Crippen LogP contribution in [0.4, 0.5) is 0 Å². The molecule has 0 radical (unpaired) electrons. The molecule has 0 fully saturated rings. The largest absolute Gasteiger partial charge is 0.294 e. The molecule has 0 aliphatic carbocycles. The molecule has 0 spiro atoms. The summed E-state index contributed by atoms with van der Waals surface area (Å²) in [5.41, 5.74) is 0.605. The van der Waals surface area contributed by atoms with Crippen LogP contribution < -0.4 is 0 Å². The Hall–Kier alpha value is -3.90. The Morgan fingerprint density at radius 3 is 1.15 bits per heavy atom. The summed E-state index contributed by atoms with van der Waals surface area (Å²) < 4.78 is 0. The molecule has 0 aromatic carbocycles. The number of carbonyl (C=O) groups is 2. The second-order valence-corrected chi connectivity index (χ2v) is 11.1. The standard InChI is InChI=1S/C24H10N4O2S4/c1-11(29)17-3-5-19(31-17)21-13(7-25)15(9-27)23(33-21)24-16(10-28)14(8-26)22(34-24)20-6-4-18(32-20)12(2)30/h3-6H,1-2H3. The highest BCUT2D eigenvalue weighted by Gasteiger charge is 2.28. The molecule has 10 heteroatoms. The minimum absolute atomic E-state index is 0.0961. The van der Waals surface area contributed by atoms with E-state index < -0.39 is 0 Å². The fourth-order valence-electron chi connectivity index (χ4n) is 3.25. The zero-order valence-corrected chi connectivity index (χ0v) is 20.8. The molecule has 0 bridgehead atoms. The van der Waals surface area contributed by atoms with Crippen LogP contribution in [-0.2, 0) is 0 Å². The van der Waals surface area contributed by atoms with Crippen molar-refractivity contribution in [3.05, 3.63) is 56.3 Å². The maximum atomic E-state index is 11.7. The lowest BCUT2D eigenvalue weighted by molar-refractivity contribution is 0.101. The second kappa shape index (κ2) is 9.15. The summed E-state index contributed by atoms with van der Waals surface area (Å²) in [4.78, 5) is 27.8. The number of rotatable bonds is 5. The molecule has 0 saturated heterocycles. The first-order valence-electron chi connectivity index (χ1n) is 9.51. The van der Waals surface area contributed by atoms with Crippen molar-refractivity contribution >= 4 is 56.9 Å². The van der Waals surface area contributed by atoms with E-state index in [0.717, 1.165) is 0 Å². The van der Waals surface area contributed by atoms with Crippen LogP contribution in [0.3, 0.4) is 0 Å². The van der Waals surface area contributed by atoms with Crippen molar-refractivity contribution in [3.63, 3.8) is 0 Å². The predicted octanol–water partition coefficient (Wildman–Crippen LogP) is 6.83. The number of thiophene rings is 4. The topological polar surface area (TPSA) is 129 Å². The van der Waals surface area contributed by atoms with Gasteiger partial charge in [0, 0.05) is 9.75 Å². The van der Waals surface area contributed by atoms with Crippen LogP contribution in [0.1, 0.15) is 55.4 Å². The number of hydrogen-bond donors (Lipinski definition) is 0. The van der Waals surface area contributed by atoms with Crippen LogP contribution in [0, 0.1) is 45.3 Å². The van der Waals surface area contributed by atoms with E-state index in [0.29, 0.717) is 39.0 Å². The Morgan fingerprint density at radius 2 is 0.882 bits per heavy atom. The fraction of sp³-hybridized carbons (Fsp3) is 0.0833. The quantitative estimate of drug-likeness (QED) is 0.268. The van der Waals surface area contributed by atoms with Gasteiger partial charge in [-0.15, -0.1) is 45.3 Å². The van der Waals surface area contributed by atoms with Crippen LogP contribution in [0.2, 0.25) is 0 Å². The zero-order chi connectivity index (χ0) is 24.6. The molecule has 0 unspecified atom stereocenters. The smallest absolute Gasteiger partial charge is 0.169 e. The lowest BCUT2D eigenvalue weighted by atomic mass is 10.1. The summed E-state index contributed by atoms with van der Waals surface area (Å²) in [7, 11) is 0. The average Bonchev–Trinajstić information content (AvgIpc) is 3.60. The molecule has 0 aliphatic heterocycles. The van der Waals surface area contributed by atoms with Crippen molar-refractivity contribution in [1.29, 1.82) is 21.0 Å². The summed E-state index contributed by atoms with van der Waals surface area (Å²) in [5, 5.41) is 39.5. The first-order chi connectivity index (χ1) is 16.3. The van der Waals surface area contributed by atoms with Crippen molar-refractivity contribution < 1.29 is 9.59 Å². The van der Waals surface area contributed by atoms with E-state index in [1.807, 2.05) is 0 Å². The SMILES string of the molecule is CC(=O)c1ccc(-c2sc(-c3sc(-c4ccc(C(C)=O)s4)c(C#N)c3C#N)c(C#N)c2C#N)s1. The van der Waals surface area contributed by atoms with Crippen molar-refractivity contribution in [2.45, 2.75) is 13.8 Å². The van der Waals surface area contributed by atoms with Gasteiger partial charge in [0.2, 0.25) is 0 Å². The van der Waals surface area contributed by atoms with Gasteiger partial charge in [0.15, 0.2) is 11.6 Å². The maximum absolute atomic E-state index is 11.7. The van der Waals surface area contributed by atoms with E-state index in [1.54, 1.807) is 24.3 Å². The molecule has 0 saturated carbocycles. The fourth-order valence-corrected chi connectivity index (χ4v) is 7.83. The molecular weight excluding hydrogens is 505 g/mol. The second-order valence-electron chi connectivity index (χ2n) is 6.91. The normalized spacial score (nSPS) is 10.2. The molecule has 0 atom stereocenters. The van der Waals surface area contributed by atoms with Crippen LogP contribution in [-0.4, -0.2) is 11.6 Å². The highest BCUT2D eigenvalue weighted by molar-refractivity contribution is 7.29. The molecule has 6 nitrogen and oxygen atoms in total. The van der Waals surface area contributed by atoms with Gasteiger partial charge >= 0.3 is 0 Å². The monoisotopic (exact) mass is 514 g/mol. The predicted molar refractivity (Wildman–Crippen MR) is 133 cm³/mol. The van der Waals surface area contributed by atoms with Gasteiger partial charge in [-0.25, -0.2) is 0 Å². The number of nitrogens with zero attached hydrogens (tertiary/aromatic N) is 4. The first-order valence-corrected chi connectivity index (χ1v) is 12.8. The zero-order valence-electron chi connectivity index (χ0n) is 17.5. The Labute approximate surface area is 210 Å². The van der Waals surface area contributed by atoms with E-state index in [1.165, 1.54) is 59.2 Å². The lowest BCUT2D eigenvalue weighted by Crippen LogP contribution is -1.84. The van der Waals surface area contributed by atoms with E-state index in [9.17, 15) is 30.6 Å². The molecule has 4 aromatic heterocycles. The first kappa shape index (κ1) is 23.3. The Balaban J connectivity index is 1.98. The number of Topliss-reactive ketones (excluding diaryl/α,β-unsaturated/α-hetero) is 2. The van der Waals surface area contributed by atoms with Crippen molar-refractivity contribution in [3.8, 4) is 53.5 Å². The molecular formula is C24H10N4O2S4. The molecule has 4 heterocycles. The molecule has 0 N–H and O–H groups in total. The summed E-state index contributed by atoms with van der Waals surface area (Å²) >= 11 is 4.84. The third-order valence-electron chi connectivity index (χ3n) is 4.82. The molecule has 162 valence electrons. The third-order valence-corrected chi connectivity index (χ3v) is 10.1.